The van der Waals surface area contributed by atoms with Crippen molar-refractivity contribution in [1.82, 2.24) is 10.3 Å². The van der Waals surface area contributed by atoms with Crippen LogP contribution >= 0.6 is 11.8 Å². The van der Waals surface area contributed by atoms with Gasteiger partial charge in [0.25, 0.3) is 0 Å². The summed E-state index contributed by atoms with van der Waals surface area (Å²) >= 11 is 1.51. The first-order chi connectivity index (χ1) is 14.0. The topological polar surface area (TPSA) is 92.7 Å². The number of carbonyl (C=O) groups excluding carboxylic acids is 2. The minimum Gasteiger partial charge on any atom is -0.493 e. The smallest absolute Gasteiger partial charge is 0.239 e. The third kappa shape index (κ3) is 4.87. The van der Waals surface area contributed by atoms with Crippen molar-refractivity contribution >= 4 is 45.5 Å². The molecular weight excluding hydrogens is 388 g/mol. The van der Waals surface area contributed by atoms with E-state index in [-0.39, 0.29) is 17.1 Å². The van der Waals surface area contributed by atoms with Gasteiger partial charge in [-0.05, 0) is 49.8 Å². The van der Waals surface area contributed by atoms with E-state index in [1.165, 1.54) is 31.5 Å². The number of hydrogen-bond donors (Lipinski definition) is 2. The monoisotopic (exact) mass is 412 g/mol. The molecule has 0 spiro atoms. The molecule has 1 aliphatic heterocycles. The lowest BCUT2D eigenvalue weighted by molar-refractivity contribution is -0.118. The molecule has 1 aliphatic carbocycles. The molecule has 7 nitrogen and oxygen atoms in total. The fraction of sp³-hybridized carbons (Fsp3) is 0.429. The van der Waals surface area contributed by atoms with Crippen molar-refractivity contribution < 1.29 is 14.3 Å². The number of anilines is 1. The first-order valence-electron chi connectivity index (χ1n) is 9.88. The normalized spacial score (nSPS) is 20.1. The molecule has 0 bridgehead atoms. The van der Waals surface area contributed by atoms with E-state index in [0.717, 1.165) is 28.2 Å². The number of amides is 2. The third-order valence-corrected chi connectivity index (χ3v) is 5.95. The van der Waals surface area contributed by atoms with Crippen molar-refractivity contribution in [1.29, 1.82) is 0 Å². The van der Waals surface area contributed by atoms with Crippen LogP contribution in [0.5, 0.6) is 5.75 Å². The van der Waals surface area contributed by atoms with Gasteiger partial charge < -0.3 is 15.4 Å². The molecule has 2 N–H and O–H groups in total. The van der Waals surface area contributed by atoms with Gasteiger partial charge in [-0.25, -0.2) is 4.98 Å². The van der Waals surface area contributed by atoms with E-state index in [1.807, 2.05) is 25.1 Å². The predicted molar refractivity (Wildman–Crippen MR) is 115 cm³/mol. The molecule has 1 aromatic carbocycles. The van der Waals surface area contributed by atoms with Crippen LogP contribution in [0.1, 0.15) is 32.3 Å². The molecule has 152 valence electrons. The fourth-order valence-electron chi connectivity index (χ4n) is 3.23. The van der Waals surface area contributed by atoms with Crippen molar-refractivity contribution in [2.75, 3.05) is 18.5 Å². The highest BCUT2D eigenvalue weighted by Gasteiger charge is 2.31. The average molecular weight is 413 g/mol. The standard InChI is InChI=1S/C21H24N4O3S/c1-3-28-17-10-19(23-12(2)26)24-16-7-6-14(8-15(16)17)9-18-20(27)25-21(29-18)22-11-13-4-5-13/h6-8,10,13,18H,3-5,9,11H2,1-2H3,(H,22,25,27)(H,23,24,26). The second kappa shape index (κ2) is 8.41. The Morgan fingerprint density at radius 3 is 2.93 bits per heavy atom. The van der Waals surface area contributed by atoms with Gasteiger partial charge in [0, 0.05) is 24.9 Å². The third-order valence-electron chi connectivity index (χ3n) is 4.83. The second-order valence-corrected chi connectivity index (χ2v) is 8.55. The Morgan fingerprint density at radius 1 is 1.38 bits per heavy atom. The molecule has 29 heavy (non-hydrogen) atoms. The molecule has 2 amide bonds. The van der Waals surface area contributed by atoms with Crippen molar-refractivity contribution in [3.63, 3.8) is 0 Å². The fourth-order valence-corrected chi connectivity index (χ4v) is 4.25. The van der Waals surface area contributed by atoms with Crippen LogP contribution in [0.4, 0.5) is 5.82 Å². The number of benzene rings is 1. The summed E-state index contributed by atoms with van der Waals surface area (Å²) < 4.78 is 5.77. The number of ether oxygens (including phenoxy) is 1. The molecule has 1 atom stereocenters. The van der Waals surface area contributed by atoms with Gasteiger partial charge >= 0.3 is 0 Å². The van der Waals surface area contributed by atoms with Gasteiger partial charge in [-0.1, -0.05) is 17.8 Å². The molecular formula is C21H24N4O3S. The highest BCUT2D eigenvalue weighted by molar-refractivity contribution is 8.15. The van der Waals surface area contributed by atoms with Gasteiger partial charge in [0.15, 0.2) is 5.17 Å². The number of fused-ring (bicyclic) bond motifs is 1. The number of pyridine rings is 1. The van der Waals surface area contributed by atoms with Crippen LogP contribution in [0.2, 0.25) is 0 Å². The number of rotatable bonds is 7. The molecule has 0 radical (unpaired) electrons. The lowest BCUT2D eigenvalue weighted by Gasteiger charge is -2.12. The zero-order valence-corrected chi connectivity index (χ0v) is 17.3. The minimum absolute atomic E-state index is 0.00815. The van der Waals surface area contributed by atoms with Gasteiger partial charge in [0.2, 0.25) is 11.8 Å². The summed E-state index contributed by atoms with van der Waals surface area (Å²) in [5, 5.41) is 7.02. The van der Waals surface area contributed by atoms with Crippen molar-refractivity contribution in [2.24, 2.45) is 10.9 Å². The first-order valence-corrected chi connectivity index (χ1v) is 10.8. The van der Waals surface area contributed by atoms with E-state index >= 15 is 0 Å². The minimum atomic E-state index is -0.187. The lowest BCUT2D eigenvalue weighted by atomic mass is 10.1. The number of nitrogens with one attached hydrogen (secondary N) is 2. The lowest BCUT2D eigenvalue weighted by Crippen LogP contribution is -2.26. The Balaban J connectivity index is 1.54. The number of carbonyl (C=O) groups is 2. The number of thioether (sulfide) groups is 1. The summed E-state index contributed by atoms with van der Waals surface area (Å²) in [5.74, 6) is 1.65. The second-order valence-electron chi connectivity index (χ2n) is 7.36. The zero-order valence-electron chi connectivity index (χ0n) is 16.5. The molecule has 2 aromatic rings. The Labute approximate surface area is 173 Å². The summed E-state index contributed by atoms with van der Waals surface area (Å²) in [5.41, 5.74) is 1.77. The van der Waals surface area contributed by atoms with Crippen LogP contribution in [-0.2, 0) is 16.0 Å². The summed E-state index contributed by atoms with van der Waals surface area (Å²) in [6.45, 7) is 4.67. The highest BCUT2D eigenvalue weighted by Crippen LogP contribution is 2.32. The van der Waals surface area contributed by atoms with Crippen LogP contribution in [0.3, 0.4) is 0 Å². The van der Waals surface area contributed by atoms with Crippen LogP contribution < -0.4 is 15.4 Å². The van der Waals surface area contributed by atoms with E-state index in [1.54, 1.807) is 6.07 Å². The van der Waals surface area contributed by atoms with Gasteiger partial charge in [-0.3, -0.25) is 14.6 Å². The van der Waals surface area contributed by atoms with E-state index in [9.17, 15) is 9.59 Å². The Kier molecular flexibility index (Phi) is 5.71. The molecule has 1 saturated carbocycles. The molecule has 1 saturated heterocycles. The van der Waals surface area contributed by atoms with Crippen LogP contribution in [0, 0.1) is 5.92 Å². The maximum atomic E-state index is 12.3. The largest absolute Gasteiger partial charge is 0.493 e. The van der Waals surface area contributed by atoms with E-state index in [2.05, 4.69) is 20.6 Å². The van der Waals surface area contributed by atoms with Crippen molar-refractivity contribution in [3.05, 3.63) is 29.8 Å². The van der Waals surface area contributed by atoms with Crippen molar-refractivity contribution in [3.8, 4) is 5.75 Å². The SMILES string of the molecule is CCOc1cc(NC(C)=O)nc2ccc(CC3SC(=NCC4CC4)NC3=O)cc12. The summed E-state index contributed by atoms with van der Waals surface area (Å²) in [6, 6.07) is 7.61. The first kappa shape index (κ1) is 19.7. The van der Waals surface area contributed by atoms with Gasteiger partial charge in [-0.15, -0.1) is 0 Å². The Hall–Kier alpha value is -2.61. The maximum absolute atomic E-state index is 12.3. The number of aliphatic imine (C=N–C) groups is 1. The molecule has 2 aliphatic rings. The van der Waals surface area contributed by atoms with E-state index in [0.29, 0.717) is 30.5 Å². The van der Waals surface area contributed by atoms with E-state index < -0.39 is 0 Å². The predicted octanol–water partition coefficient (Wildman–Crippen LogP) is 3.13. The van der Waals surface area contributed by atoms with Crippen LogP contribution in [0.15, 0.2) is 29.3 Å². The van der Waals surface area contributed by atoms with Crippen LogP contribution in [0.25, 0.3) is 10.9 Å². The van der Waals surface area contributed by atoms with Gasteiger partial charge in [0.05, 0.1) is 17.4 Å². The quantitative estimate of drug-likeness (QED) is 0.729. The summed E-state index contributed by atoms with van der Waals surface area (Å²) in [4.78, 5) is 32.7. The number of amidine groups is 1. The van der Waals surface area contributed by atoms with Gasteiger partial charge in [0.1, 0.15) is 11.6 Å². The molecule has 2 fully saturated rings. The highest BCUT2D eigenvalue weighted by atomic mass is 32.2. The number of nitrogens with zero attached hydrogens (tertiary/aromatic N) is 2. The Bertz CT molecular complexity index is 987. The molecule has 4 rings (SSSR count). The van der Waals surface area contributed by atoms with Crippen molar-refractivity contribution in [2.45, 2.75) is 38.4 Å². The van der Waals surface area contributed by atoms with E-state index in [4.69, 9.17) is 4.74 Å². The zero-order chi connectivity index (χ0) is 20.4. The molecule has 8 heteroatoms. The van der Waals surface area contributed by atoms with Crippen LogP contribution in [-0.4, -0.2) is 40.4 Å². The van der Waals surface area contributed by atoms with Gasteiger partial charge in [-0.2, -0.15) is 0 Å². The summed E-state index contributed by atoms with van der Waals surface area (Å²) in [6.07, 6.45) is 3.10. The molecule has 1 aromatic heterocycles. The molecule has 2 heterocycles. The molecule has 1 unspecified atom stereocenters. The Morgan fingerprint density at radius 2 is 2.21 bits per heavy atom. The average Bonchev–Trinajstić information content (AvgIpc) is 3.44. The maximum Gasteiger partial charge on any atom is 0.239 e. The summed E-state index contributed by atoms with van der Waals surface area (Å²) in [7, 11) is 0. The number of aromatic nitrogens is 1. The number of hydrogen-bond acceptors (Lipinski definition) is 6.